The van der Waals surface area contributed by atoms with Crippen molar-refractivity contribution in [2.45, 2.75) is 32.2 Å². The summed E-state index contributed by atoms with van der Waals surface area (Å²) in [5.41, 5.74) is 10.5. The van der Waals surface area contributed by atoms with Crippen molar-refractivity contribution in [1.82, 2.24) is 4.90 Å². The fourth-order valence-electron chi connectivity index (χ4n) is 3.98. The molecule has 0 saturated carbocycles. The zero-order valence-corrected chi connectivity index (χ0v) is 19.4. The molecule has 1 amide bonds. The zero-order chi connectivity index (χ0) is 24.0. The summed E-state index contributed by atoms with van der Waals surface area (Å²) in [6.45, 7) is 4.95. The Morgan fingerprint density at radius 3 is 2.00 bits per heavy atom. The van der Waals surface area contributed by atoms with Crippen LogP contribution in [0.5, 0.6) is 0 Å². The maximum atomic E-state index is 13.0. The lowest BCUT2D eigenvalue weighted by molar-refractivity contribution is -0.138. The minimum atomic E-state index is -1.04. The average molecular weight is 445 g/mol. The van der Waals surface area contributed by atoms with Gasteiger partial charge in [0.2, 0.25) is 0 Å². The molecule has 0 aliphatic rings. The highest BCUT2D eigenvalue weighted by molar-refractivity contribution is 5.94. The first-order valence-electron chi connectivity index (χ1n) is 11.2. The van der Waals surface area contributed by atoms with E-state index in [-0.39, 0.29) is 18.2 Å². The minimum absolute atomic E-state index is 0.0596. The minimum Gasteiger partial charge on any atom is -0.480 e. The van der Waals surface area contributed by atoms with Crippen LogP contribution in [0.25, 0.3) is 11.1 Å². The first-order valence-corrected chi connectivity index (χ1v) is 11.2. The molecule has 2 atom stereocenters. The summed E-state index contributed by atoms with van der Waals surface area (Å²) in [6.07, 6.45) is 0.230. The summed E-state index contributed by atoms with van der Waals surface area (Å²) >= 11 is 0. The van der Waals surface area contributed by atoms with Crippen LogP contribution in [0.2, 0.25) is 0 Å². The summed E-state index contributed by atoms with van der Waals surface area (Å²) in [5.74, 6) is -0.527. The monoisotopic (exact) mass is 444 g/mol. The zero-order valence-electron chi connectivity index (χ0n) is 19.4. The first kappa shape index (κ1) is 24.2. The van der Waals surface area contributed by atoms with Crippen LogP contribution in [0, 0.1) is 5.92 Å². The number of carboxylic acid groups (broad SMARTS) is 1. The first-order chi connectivity index (χ1) is 15.8. The van der Waals surface area contributed by atoms with Crippen LogP contribution in [-0.2, 0) is 11.2 Å². The van der Waals surface area contributed by atoms with Gasteiger partial charge >= 0.3 is 5.97 Å². The summed E-state index contributed by atoms with van der Waals surface area (Å²) in [5, 5.41) is 8.97. The highest BCUT2D eigenvalue weighted by atomic mass is 16.4. The molecule has 5 heteroatoms. The molecule has 3 rings (SSSR count). The smallest absolute Gasteiger partial charge is 0.320 e. The van der Waals surface area contributed by atoms with Crippen molar-refractivity contribution in [2.24, 2.45) is 11.7 Å². The predicted molar refractivity (Wildman–Crippen MR) is 132 cm³/mol. The number of rotatable bonds is 9. The van der Waals surface area contributed by atoms with Gasteiger partial charge in [-0.3, -0.25) is 9.59 Å². The van der Waals surface area contributed by atoms with Gasteiger partial charge in [-0.15, -0.1) is 0 Å². The topological polar surface area (TPSA) is 83.6 Å². The van der Waals surface area contributed by atoms with E-state index in [2.05, 4.69) is 50.2 Å². The van der Waals surface area contributed by atoms with Gasteiger partial charge in [-0.2, -0.15) is 0 Å². The molecule has 0 fully saturated rings. The lowest BCUT2D eigenvalue weighted by Gasteiger charge is -2.28. The molecule has 0 spiro atoms. The normalized spacial score (nSPS) is 12.9. The van der Waals surface area contributed by atoms with Crippen molar-refractivity contribution in [3.8, 4) is 11.1 Å². The van der Waals surface area contributed by atoms with Gasteiger partial charge < -0.3 is 15.7 Å². The molecular weight excluding hydrogens is 412 g/mol. The van der Waals surface area contributed by atoms with E-state index >= 15 is 0 Å². The van der Waals surface area contributed by atoms with E-state index < -0.39 is 12.0 Å². The molecule has 3 N–H and O–H groups in total. The SMILES string of the molecule is CC(C)[C@@H](CN(C)C(=O)c1ccc(C[C@@H](N)C(=O)O)cc1)c1ccc(-c2ccccc2)cc1. The van der Waals surface area contributed by atoms with E-state index in [4.69, 9.17) is 10.8 Å². The molecule has 33 heavy (non-hydrogen) atoms. The standard InChI is InChI=1S/C28H32N2O3/c1-19(2)25(23-15-13-22(14-16-23)21-7-5-4-6-8-21)18-30(3)27(31)24-11-9-20(10-12-24)17-26(29)28(32)33/h4-16,19,25-26H,17-18,29H2,1-3H3,(H,32,33)/t25-,26-/m1/s1. The molecule has 0 bridgehead atoms. The highest BCUT2D eigenvalue weighted by Gasteiger charge is 2.22. The lowest BCUT2D eigenvalue weighted by atomic mass is 9.87. The average Bonchev–Trinajstić information content (AvgIpc) is 2.83. The molecule has 0 aliphatic carbocycles. The number of nitrogens with two attached hydrogens (primary N) is 1. The van der Waals surface area contributed by atoms with Crippen LogP contribution >= 0.6 is 0 Å². The molecule has 0 aliphatic heterocycles. The van der Waals surface area contributed by atoms with Gasteiger partial charge in [-0.1, -0.05) is 80.6 Å². The Labute approximate surface area is 195 Å². The summed E-state index contributed by atoms with van der Waals surface area (Å²) < 4.78 is 0. The Balaban J connectivity index is 1.69. The third-order valence-electron chi connectivity index (χ3n) is 6.04. The van der Waals surface area contributed by atoms with Crippen molar-refractivity contribution < 1.29 is 14.7 Å². The number of hydrogen-bond acceptors (Lipinski definition) is 3. The third-order valence-corrected chi connectivity index (χ3v) is 6.04. The van der Waals surface area contributed by atoms with Gasteiger partial charge in [-0.05, 0) is 46.7 Å². The quantitative estimate of drug-likeness (QED) is 0.496. The van der Waals surface area contributed by atoms with Crippen molar-refractivity contribution in [2.75, 3.05) is 13.6 Å². The van der Waals surface area contributed by atoms with Gasteiger partial charge in [0.05, 0.1) is 0 Å². The van der Waals surface area contributed by atoms with Gasteiger partial charge in [0.15, 0.2) is 0 Å². The van der Waals surface area contributed by atoms with Crippen LogP contribution < -0.4 is 5.73 Å². The number of likely N-dealkylation sites (N-methyl/N-ethyl adjacent to an activating group) is 1. The van der Waals surface area contributed by atoms with Crippen molar-refractivity contribution >= 4 is 11.9 Å². The second-order valence-corrected chi connectivity index (χ2v) is 8.87. The Bertz CT molecular complexity index is 1060. The number of amides is 1. The Kier molecular flexibility index (Phi) is 8.01. The van der Waals surface area contributed by atoms with Crippen LogP contribution in [0.4, 0.5) is 0 Å². The number of carboxylic acids is 1. The van der Waals surface area contributed by atoms with E-state index in [9.17, 15) is 9.59 Å². The van der Waals surface area contributed by atoms with E-state index in [1.165, 1.54) is 16.7 Å². The molecule has 5 nitrogen and oxygen atoms in total. The number of benzene rings is 3. The van der Waals surface area contributed by atoms with E-state index in [1.54, 1.807) is 29.2 Å². The van der Waals surface area contributed by atoms with Crippen LogP contribution in [0.3, 0.4) is 0 Å². The van der Waals surface area contributed by atoms with E-state index in [0.717, 1.165) is 5.56 Å². The van der Waals surface area contributed by atoms with E-state index in [1.807, 2.05) is 25.2 Å². The Hall–Kier alpha value is -3.44. The molecule has 0 aromatic heterocycles. The summed E-state index contributed by atoms with van der Waals surface area (Å²) in [4.78, 5) is 25.7. The second-order valence-electron chi connectivity index (χ2n) is 8.87. The number of carbonyl (C=O) groups is 2. The van der Waals surface area contributed by atoms with Crippen LogP contribution in [-0.4, -0.2) is 41.5 Å². The number of hydrogen-bond donors (Lipinski definition) is 2. The summed E-state index contributed by atoms with van der Waals surface area (Å²) in [6, 6.07) is 24.9. The Morgan fingerprint density at radius 2 is 1.45 bits per heavy atom. The van der Waals surface area contributed by atoms with Crippen molar-refractivity contribution in [3.63, 3.8) is 0 Å². The maximum Gasteiger partial charge on any atom is 0.320 e. The molecule has 0 saturated heterocycles. The van der Waals surface area contributed by atoms with E-state index in [0.29, 0.717) is 18.0 Å². The predicted octanol–water partition coefficient (Wildman–Crippen LogP) is 4.82. The highest BCUT2D eigenvalue weighted by Crippen LogP contribution is 2.28. The Morgan fingerprint density at radius 1 is 0.879 bits per heavy atom. The molecule has 0 heterocycles. The fourth-order valence-corrected chi connectivity index (χ4v) is 3.98. The third kappa shape index (κ3) is 6.30. The molecule has 0 radical (unpaired) electrons. The van der Waals surface area contributed by atoms with Crippen molar-refractivity contribution in [1.29, 1.82) is 0 Å². The second kappa shape index (κ2) is 10.9. The van der Waals surface area contributed by atoms with Gasteiger partial charge in [-0.25, -0.2) is 0 Å². The number of nitrogens with zero attached hydrogens (tertiary/aromatic N) is 1. The van der Waals surface area contributed by atoms with Gasteiger partial charge in [0, 0.05) is 25.1 Å². The molecular formula is C28H32N2O3. The summed E-state index contributed by atoms with van der Waals surface area (Å²) in [7, 11) is 1.82. The van der Waals surface area contributed by atoms with Gasteiger partial charge in [0.1, 0.15) is 6.04 Å². The van der Waals surface area contributed by atoms with Crippen LogP contribution in [0.15, 0.2) is 78.9 Å². The maximum absolute atomic E-state index is 13.0. The number of carbonyl (C=O) groups excluding carboxylic acids is 1. The molecule has 3 aromatic carbocycles. The van der Waals surface area contributed by atoms with Crippen LogP contribution in [0.1, 0.15) is 41.3 Å². The molecule has 172 valence electrons. The van der Waals surface area contributed by atoms with Gasteiger partial charge in [0.25, 0.3) is 5.91 Å². The largest absolute Gasteiger partial charge is 0.480 e. The number of aliphatic carboxylic acids is 1. The lowest BCUT2D eigenvalue weighted by Crippen LogP contribution is -2.33. The fraction of sp³-hybridized carbons (Fsp3) is 0.286. The molecule has 0 unspecified atom stereocenters. The molecule has 3 aromatic rings. The van der Waals surface area contributed by atoms with Crippen molar-refractivity contribution in [3.05, 3.63) is 95.6 Å².